The smallest absolute Gasteiger partial charge is 0.374 e. The number of nitrogens with two attached hydrogens (primary N) is 2. The summed E-state index contributed by atoms with van der Waals surface area (Å²) in [4.78, 5) is 67.2. The van der Waals surface area contributed by atoms with Gasteiger partial charge in [-0.05, 0) is 0 Å². The first kappa shape index (κ1) is 32.9. The molecule has 0 radical (unpaired) electrons. The lowest BCUT2D eigenvalue weighted by Gasteiger charge is -2.29. The lowest BCUT2D eigenvalue weighted by molar-refractivity contribution is -0.0667. The van der Waals surface area contributed by atoms with Gasteiger partial charge in [-0.1, -0.05) is 0 Å². The van der Waals surface area contributed by atoms with Gasteiger partial charge in [-0.3, -0.25) is 46.8 Å². The van der Waals surface area contributed by atoms with Crippen molar-refractivity contribution in [3.8, 4) is 0 Å². The Kier molecular flexibility index (Phi) is 8.25. The Balaban J connectivity index is 1.20. The van der Waals surface area contributed by atoms with E-state index in [2.05, 4.69) is 29.9 Å². The van der Waals surface area contributed by atoms with Crippen molar-refractivity contribution < 1.29 is 56.0 Å². The van der Waals surface area contributed by atoms with Crippen LogP contribution in [0.3, 0.4) is 0 Å². The summed E-state index contributed by atoms with van der Waals surface area (Å²) in [6.45, 7) is -1.48. The molecule has 24 nitrogen and oxygen atoms in total. The van der Waals surface area contributed by atoms with Crippen LogP contribution in [-0.2, 0) is 46.2 Å². The van der Waals surface area contributed by atoms with Gasteiger partial charge in [-0.2, -0.15) is 9.97 Å². The maximum Gasteiger partial charge on any atom is 0.472 e. The predicted molar refractivity (Wildman–Crippen MR) is 156 cm³/mol. The third-order valence-electron chi connectivity index (χ3n) is 7.88. The quantitative estimate of drug-likeness (QED) is 0.128. The fourth-order valence-electron chi connectivity index (χ4n) is 5.85. The maximum atomic E-state index is 13.4. The van der Waals surface area contributed by atoms with Crippen molar-refractivity contribution in [2.24, 2.45) is 0 Å². The Morgan fingerprint density at radius 3 is 1.56 bits per heavy atom. The molecule has 4 aromatic rings. The summed E-state index contributed by atoms with van der Waals surface area (Å²) in [6, 6.07) is 0. The van der Waals surface area contributed by atoms with E-state index in [1.807, 2.05) is 0 Å². The molecule has 0 aromatic carbocycles. The number of aromatic nitrogens is 8. The number of phosphoric acid groups is 2. The molecule has 8 N–H and O–H groups in total. The van der Waals surface area contributed by atoms with Gasteiger partial charge in [0.1, 0.15) is 36.6 Å². The van der Waals surface area contributed by atoms with Crippen LogP contribution in [0.5, 0.6) is 0 Å². The standard InChI is InChI=1S/C22H28N10O14P2/c1-39-13-11-7(43-19(13)31-5-25-9-15(31)27-21(23)29-17(9)33)3-41-48(37,38)46-12-8(4-42-47(35,36)45-11)44-20(14(12)40-2)32-6-26-10-16(32)28-22(24)30-18(10)34/h5-8,11-14,19-20H,3-4H2,1-2H3,(H,35,36)(H,37,38)(H3,23,27,29,33)(H3,24,28,30,34)/t7-,8-,11?,12?,13?,14?,19-,20-/m1/s1. The Hall–Kier alpha value is -3.64. The van der Waals surface area contributed by atoms with E-state index in [0.717, 1.165) is 0 Å². The first-order chi connectivity index (χ1) is 22.8. The number of fused-ring (bicyclic) bond motifs is 4. The molecule has 10 atom stereocenters. The number of imidazole rings is 2. The van der Waals surface area contributed by atoms with Gasteiger partial charge in [-0.25, -0.2) is 19.1 Å². The van der Waals surface area contributed by atoms with Crippen LogP contribution in [0.1, 0.15) is 12.5 Å². The highest BCUT2D eigenvalue weighted by Crippen LogP contribution is 2.54. The second-order valence-electron chi connectivity index (χ2n) is 10.7. The number of nitrogens with zero attached hydrogens (tertiary/aromatic N) is 6. The van der Waals surface area contributed by atoms with Gasteiger partial charge in [-0.15, -0.1) is 0 Å². The SMILES string of the molecule is COC1C2OP(=O)(O)OC[C@H]3O[C@@H](n4cnc5c(=O)[nH]c(N)nc54)C(OC)C3OP(=O)(O)OC[C@H]2O[C@H]1n1cnc2c(=O)[nH]c(N)nc21. The number of H-pyrrole nitrogens is 2. The molecule has 26 heteroatoms. The van der Waals surface area contributed by atoms with Crippen LogP contribution >= 0.6 is 15.6 Å². The normalized spacial score (nSPS) is 36.1. The third-order valence-corrected chi connectivity index (χ3v) is 9.85. The van der Waals surface area contributed by atoms with Crippen LogP contribution in [-0.4, -0.2) is 113 Å². The summed E-state index contributed by atoms with van der Waals surface area (Å²) < 4.78 is 74.0. The van der Waals surface area contributed by atoms with Gasteiger partial charge in [0, 0.05) is 14.2 Å². The molecule has 3 aliphatic heterocycles. The molecule has 3 saturated heterocycles. The van der Waals surface area contributed by atoms with E-state index in [9.17, 15) is 28.5 Å². The second kappa shape index (κ2) is 12.0. The number of hydrogen-bond acceptors (Lipinski definition) is 18. The molecule has 0 saturated carbocycles. The lowest BCUT2D eigenvalue weighted by Crippen LogP contribution is -2.40. The van der Waals surface area contributed by atoms with Gasteiger partial charge < -0.3 is 40.2 Å². The molecule has 0 spiro atoms. The number of hydrogen-bond donors (Lipinski definition) is 6. The molecule has 3 fully saturated rings. The zero-order valence-electron chi connectivity index (χ0n) is 24.7. The van der Waals surface area contributed by atoms with Crippen LogP contribution in [0.2, 0.25) is 0 Å². The number of ether oxygens (including phenoxy) is 4. The van der Waals surface area contributed by atoms with Crippen LogP contribution in [0, 0.1) is 0 Å². The van der Waals surface area contributed by atoms with Crippen molar-refractivity contribution in [3.05, 3.63) is 33.4 Å². The predicted octanol–water partition coefficient (Wildman–Crippen LogP) is -1.74. The van der Waals surface area contributed by atoms with E-state index < -0.39 is 89.1 Å². The Bertz CT molecular complexity index is 1940. The summed E-state index contributed by atoms with van der Waals surface area (Å²) in [5, 5.41) is 0. The maximum absolute atomic E-state index is 13.4. The molecule has 7 rings (SSSR count). The highest BCUT2D eigenvalue weighted by Gasteiger charge is 2.55. The van der Waals surface area contributed by atoms with Gasteiger partial charge in [0.05, 0.1) is 25.9 Å². The number of methoxy groups -OCH3 is 2. The molecular weight excluding hydrogens is 690 g/mol. The minimum Gasteiger partial charge on any atom is -0.374 e. The molecule has 0 bridgehead atoms. The molecule has 4 aromatic heterocycles. The van der Waals surface area contributed by atoms with E-state index in [1.165, 1.54) is 36.0 Å². The zero-order valence-corrected chi connectivity index (χ0v) is 26.5. The summed E-state index contributed by atoms with van der Waals surface area (Å²) in [6.07, 6.45) is -8.16. The number of rotatable bonds is 4. The van der Waals surface area contributed by atoms with Crippen molar-refractivity contribution in [2.75, 3.05) is 38.9 Å². The number of phosphoric ester groups is 2. The number of aromatic amines is 2. The molecule has 0 amide bonds. The molecule has 260 valence electrons. The molecule has 48 heavy (non-hydrogen) atoms. The van der Waals surface area contributed by atoms with E-state index in [4.69, 9.17) is 48.5 Å². The molecule has 7 heterocycles. The van der Waals surface area contributed by atoms with Crippen LogP contribution in [0.25, 0.3) is 22.3 Å². The van der Waals surface area contributed by atoms with E-state index in [-0.39, 0.29) is 34.2 Å². The van der Waals surface area contributed by atoms with E-state index in [0.29, 0.717) is 0 Å². The van der Waals surface area contributed by atoms with E-state index in [1.54, 1.807) is 0 Å². The van der Waals surface area contributed by atoms with Crippen molar-refractivity contribution in [2.45, 2.75) is 49.1 Å². The molecule has 0 aliphatic carbocycles. The fraction of sp³-hybridized carbons (Fsp3) is 0.545. The highest BCUT2D eigenvalue weighted by atomic mass is 31.2. The van der Waals surface area contributed by atoms with Crippen LogP contribution < -0.4 is 22.6 Å². The molecule has 3 aliphatic rings. The van der Waals surface area contributed by atoms with Gasteiger partial charge >= 0.3 is 15.6 Å². The topological polar surface area (TPSA) is 328 Å². The molecule has 6 unspecified atom stereocenters. The summed E-state index contributed by atoms with van der Waals surface area (Å²) in [5.74, 6) is -0.447. The zero-order chi connectivity index (χ0) is 34.1. The molecular formula is C22H28N10O14P2. The van der Waals surface area contributed by atoms with Crippen molar-refractivity contribution in [1.82, 2.24) is 39.0 Å². The number of anilines is 2. The third kappa shape index (κ3) is 5.74. The van der Waals surface area contributed by atoms with Crippen molar-refractivity contribution in [1.29, 1.82) is 0 Å². The minimum atomic E-state index is -5.00. The number of nitrogen functional groups attached to an aromatic ring is 2. The van der Waals surface area contributed by atoms with Crippen LogP contribution in [0.4, 0.5) is 11.9 Å². The Morgan fingerprint density at radius 1 is 0.792 bits per heavy atom. The lowest BCUT2D eigenvalue weighted by atomic mass is 10.1. The first-order valence-corrected chi connectivity index (χ1v) is 16.9. The highest BCUT2D eigenvalue weighted by molar-refractivity contribution is 7.47. The summed E-state index contributed by atoms with van der Waals surface area (Å²) in [5.41, 5.74) is 9.92. The van der Waals surface area contributed by atoms with Crippen LogP contribution in [0.15, 0.2) is 22.2 Å². The minimum absolute atomic E-state index is 0.0144. The first-order valence-electron chi connectivity index (χ1n) is 13.9. The average molecular weight is 718 g/mol. The number of nitrogens with one attached hydrogen (secondary N) is 2. The van der Waals surface area contributed by atoms with Gasteiger partial charge in [0.15, 0.2) is 34.8 Å². The van der Waals surface area contributed by atoms with Crippen molar-refractivity contribution in [3.63, 3.8) is 0 Å². The fourth-order valence-corrected chi connectivity index (χ4v) is 7.77. The summed E-state index contributed by atoms with van der Waals surface area (Å²) in [7, 11) is -7.50. The van der Waals surface area contributed by atoms with Gasteiger partial charge in [0.2, 0.25) is 11.9 Å². The Morgan fingerprint density at radius 2 is 1.19 bits per heavy atom. The van der Waals surface area contributed by atoms with E-state index >= 15 is 0 Å². The summed E-state index contributed by atoms with van der Waals surface area (Å²) >= 11 is 0. The largest absolute Gasteiger partial charge is 0.472 e. The average Bonchev–Trinajstić information content (AvgIpc) is 3.77. The monoisotopic (exact) mass is 718 g/mol. The van der Waals surface area contributed by atoms with Gasteiger partial charge in [0.25, 0.3) is 11.1 Å². The Labute approximate surface area is 266 Å². The van der Waals surface area contributed by atoms with Crippen molar-refractivity contribution >= 4 is 49.9 Å². The second-order valence-corrected chi connectivity index (χ2v) is 13.6.